The molecule has 2 aliphatic rings. The van der Waals surface area contributed by atoms with Crippen molar-refractivity contribution in [1.29, 1.82) is 0 Å². The number of hydrogen-bond acceptors (Lipinski definition) is 4. The first-order valence-electron chi connectivity index (χ1n) is 6.05. The molecule has 1 aliphatic heterocycles. The zero-order chi connectivity index (χ0) is 12.1. The van der Waals surface area contributed by atoms with Crippen LogP contribution < -0.4 is 5.73 Å². The van der Waals surface area contributed by atoms with Gasteiger partial charge in [0.15, 0.2) is 5.79 Å². The van der Waals surface area contributed by atoms with Gasteiger partial charge in [0.2, 0.25) is 0 Å². The Hall–Kier alpha value is -0.970. The largest absolute Gasteiger partial charge is 0.344 e. The van der Waals surface area contributed by atoms with Crippen LogP contribution in [0.2, 0.25) is 0 Å². The highest BCUT2D eigenvalue weighted by Crippen LogP contribution is 2.45. The van der Waals surface area contributed by atoms with E-state index in [9.17, 15) is 0 Å². The smallest absolute Gasteiger partial charge is 0.163 e. The monoisotopic (exact) mass is 234 g/mol. The molecular formula is C13H18N2O2. The average Bonchev–Trinajstić information content (AvgIpc) is 2.69. The maximum absolute atomic E-state index is 6.44. The molecule has 0 radical (unpaired) electrons. The Balaban J connectivity index is 1.82. The highest BCUT2D eigenvalue weighted by atomic mass is 16.8. The molecule has 1 aromatic heterocycles. The lowest BCUT2D eigenvalue weighted by molar-refractivity contribution is -0.155. The van der Waals surface area contributed by atoms with Crippen molar-refractivity contribution >= 4 is 0 Å². The third-order valence-corrected chi connectivity index (χ3v) is 3.59. The number of aromatic nitrogens is 1. The number of nitrogens with two attached hydrogens (primary N) is 1. The standard InChI is InChI=1S/C13H18N2O2/c1-12(2)16-9-7-13(14,8-10(9)17-12)11-5-3-4-6-15-11/h3-6,9-10H,7-8,14H2,1-2H3/t9-,10+,13-. The summed E-state index contributed by atoms with van der Waals surface area (Å²) in [5.41, 5.74) is 6.96. The molecule has 0 unspecified atom stereocenters. The van der Waals surface area contributed by atoms with Gasteiger partial charge in [0.25, 0.3) is 0 Å². The lowest BCUT2D eigenvalue weighted by Crippen LogP contribution is -2.37. The first-order valence-corrected chi connectivity index (χ1v) is 6.05. The van der Waals surface area contributed by atoms with E-state index in [0.29, 0.717) is 0 Å². The van der Waals surface area contributed by atoms with Crippen molar-refractivity contribution in [3.05, 3.63) is 30.1 Å². The Bertz CT molecular complexity index is 403. The minimum atomic E-state index is -0.471. The second-order valence-corrected chi connectivity index (χ2v) is 5.49. The van der Waals surface area contributed by atoms with Crippen LogP contribution in [0.15, 0.2) is 24.4 Å². The van der Waals surface area contributed by atoms with E-state index >= 15 is 0 Å². The van der Waals surface area contributed by atoms with E-state index < -0.39 is 11.3 Å². The lowest BCUT2D eigenvalue weighted by Gasteiger charge is -2.27. The molecule has 1 aromatic rings. The number of hydrogen-bond donors (Lipinski definition) is 1. The maximum Gasteiger partial charge on any atom is 0.163 e. The molecule has 4 heteroatoms. The summed E-state index contributed by atoms with van der Waals surface area (Å²) in [6.45, 7) is 3.90. The molecule has 3 rings (SSSR count). The van der Waals surface area contributed by atoms with Crippen LogP contribution in [0.25, 0.3) is 0 Å². The molecule has 1 saturated carbocycles. The van der Waals surface area contributed by atoms with Gasteiger partial charge in [-0.2, -0.15) is 0 Å². The zero-order valence-electron chi connectivity index (χ0n) is 10.2. The predicted octanol–water partition coefficient (Wildman–Crippen LogP) is 1.55. The van der Waals surface area contributed by atoms with Crippen molar-refractivity contribution in [3.63, 3.8) is 0 Å². The minimum Gasteiger partial charge on any atom is -0.344 e. The van der Waals surface area contributed by atoms with E-state index in [1.54, 1.807) is 6.20 Å². The van der Waals surface area contributed by atoms with Crippen molar-refractivity contribution in [2.45, 2.75) is 50.2 Å². The molecule has 0 amide bonds. The van der Waals surface area contributed by atoms with Crippen molar-refractivity contribution in [1.82, 2.24) is 4.98 Å². The first-order chi connectivity index (χ1) is 7.99. The van der Waals surface area contributed by atoms with E-state index in [0.717, 1.165) is 18.5 Å². The Labute approximate surface area is 101 Å². The molecule has 3 atom stereocenters. The fraction of sp³-hybridized carbons (Fsp3) is 0.615. The van der Waals surface area contributed by atoms with Crippen LogP contribution >= 0.6 is 0 Å². The van der Waals surface area contributed by atoms with Gasteiger partial charge < -0.3 is 15.2 Å². The van der Waals surface area contributed by atoms with Gasteiger partial charge in [-0.25, -0.2) is 0 Å². The molecule has 0 spiro atoms. The summed E-state index contributed by atoms with van der Waals surface area (Å²) in [5.74, 6) is -0.471. The fourth-order valence-electron chi connectivity index (χ4n) is 2.92. The summed E-state index contributed by atoms with van der Waals surface area (Å²) in [6.07, 6.45) is 3.52. The Kier molecular flexibility index (Phi) is 2.30. The normalized spacial score (nSPS) is 39.2. The molecule has 2 N–H and O–H groups in total. The van der Waals surface area contributed by atoms with E-state index in [-0.39, 0.29) is 12.2 Å². The van der Waals surface area contributed by atoms with Crippen LogP contribution in [0, 0.1) is 0 Å². The Morgan fingerprint density at radius 1 is 1.24 bits per heavy atom. The summed E-state index contributed by atoms with van der Waals surface area (Å²) >= 11 is 0. The van der Waals surface area contributed by atoms with Gasteiger partial charge in [0.05, 0.1) is 23.4 Å². The highest BCUT2D eigenvalue weighted by Gasteiger charge is 2.53. The van der Waals surface area contributed by atoms with Gasteiger partial charge in [-0.15, -0.1) is 0 Å². The minimum absolute atomic E-state index is 0.0945. The lowest BCUT2D eigenvalue weighted by atomic mass is 9.93. The van der Waals surface area contributed by atoms with Gasteiger partial charge in [-0.05, 0) is 38.8 Å². The number of fused-ring (bicyclic) bond motifs is 1. The predicted molar refractivity (Wildman–Crippen MR) is 63.2 cm³/mol. The third kappa shape index (κ3) is 1.86. The Morgan fingerprint density at radius 2 is 1.88 bits per heavy atom. The molecule has 1 saturated heterocycles. The number of ether oxygens (including phenoxy) is 2. The van der Waals surface area contributed by atoms with Crippen molar-refractivity contribution in [2.24, 2.45) is 5.73 Å². The van der Waals surface area contributed by atoms with E-state index in [2.05, 4.69) is 4.98 Å². The molecule has 17 heavy (non-hydrogen) atoms. The van der Waals surface area contributed by atoms with Gasteiger partial charge >= 0.3 is 0 Å². The van der Waals surface area contributed by atoms with Crippen LogP contribution in [0.4, 0.5) is 0 Å². The Morgan fingerprint density at radius 3 is 2.41 bits per heavy atom. The molecular weight excluding hydrogens is 216 g/mol. The number of nitrogens with zero attached hydrogens (tertiary/aromatic N) is 1. The van der Waals surface area contributed by atoms with Crippen LogP contribution in [-0.2, 0) is 15.0 Å². The summed E-state index contributed by atoms with van der Waals surface area (Å²) in [6, 6.07) is 5.85. The third-order valence-electron chi connectivity index (χ3n) is 3.59. The van der Waals surface area contributed by atoms with Crippen molar-refractivity contribution < 1.29 is 9.47 Å². The highest BCUT2D eigenvalue weighted by molar-refractivity contribution is 5.20. The first kappa shape index (κ1) is 11.1. The fourth-order valence-corrected chi connectivity index (χ4v) is 2.92. The maximum atomic E-state index is 6.44. The molecule has 4 nitrogen and oxygen atoms in total. The van der Waals surface area contributed by atoms with Gasteiger partial charge in [0.1, 0.15) is 0 Å². The summed E-state index contributed by atoms with van der Waals surface area (Å²) < 4.78 is 11.7. The second-order valence-electron chi connectivity index (χ2n) is 5.49. The van der Waals surface area contributed by atoms with Crippen LogP contribution in [0.1, 0.15) is 32.4 Å². The SMILES string of the molecule is CC1(C)O[C@H]2C[C@@](N)(c3ccccn3)C[C@H]2O1. The van der Waals surface area contributed by atoms with Crippen LogP contribution in [0.3, 0.4) is 0 Å². The van der Waals surface area contributed by atoms with E-state index in [1.165, 1.54) is 0 Å². The molecule has 2 fully saturated rings. The zero-order valence-corrected chi connectivity index (χ0v) is 10.2. The van der Waals surface area contributed by atoms with Gasteiger partial charge in [-0.1, -0.05) is 6.07 Å². The molecule has 0 aromatic carbocycles. The summed E-state index contributed by atoms with van der Waals surface area (Å²) in [4.78, 5) is 4.36. The number of pyridine rings is 1. The van der Waals surface area contributed by atoms with E-state index in [4.69, 9.17) is 15.2 Å². The molecule has 1 aliphatic carbocycles. The van der Waals surface area contributed by atoms with Gasteiger partial charge in [-0.3, -0.25) is 4.98 Å². The number of rotatable bonds is 1. The van der Waals surface area contributed by atoms with Crippen LogP contribution in [-0.4, -0.2) is 23.0 Å². The summed E-state index contributed by atoms with van der Waals surface area (Å²) in [5, 5.41) is 0. The second kappa shape index (κ2) is 3.51. The molecule has 0 bridgehead atoms. The quantitative estimate of drug-likeness (QED) is 0.801. The van der Waals surface area contributed by atoms with Crippen LogP contribution in [0.5, 0.6) is 0 Å². The topological polar surface area (TPSA) is 57.4 Å². The average molecular weight is 234 g/mol. The van der Waals surface area contributed by atoms with E-state index in [1.807, 2.05) is 32.0 Å². The summed E-state index contributed by atoms with van der Waals surface area (Å²) in [7, 11) is 0. The van der Waals surface area contributed by atoms with Crippen molar-refractivity contribution in [3.8, 4) is 0 Å². The molecule has 2 heterocycles. The van der Waals surface area contributed by atoms with Crippen molar-refractivity contribution in [2.75, 3.05) is 0 Å². The van der Waals surface area contributed by atoms with Gasteiger partial charge in [0, 0.05) is 6.20 Å². The molecule has 92 valence electrons.